The van der Waals surface area contributed by atoms with Gasteiger partial charge in [-0.1, -0.05) is 0 Å². The van der Waals surface area contributed by atoms with E-state index in [1.807, 2.05) is 7.05 Å². The first kappa shape index (κ1) is 22.7. The van der Waals surface area contributed by atoms with Crippen LogP contribution in [0.1, 0.15) is 36.0 Å². The molecule has 1 saturated heterocycles. The number of carbonyl (C=O) groups excluding carboxylic acids is 1. The third kappa shape index (κ3) is 5.77. The van der Waals surface area contributed by atoms with Crippen LogP contribution in [0.3, 0.4) is 0 Å². The number of rotatable bonds is 9. The molecule has 2 aliphatic heterocycles. The van der Waals surface area contributed by atoms with E-state index in [2.05, 4.69) is 15.5 Å². The number of ether oxygens (including phenoxy) is 3. The van der Waals surface area contributed by atoms with Crippen molar-refractivity contribution in [3.63, 3.8) is 0 Å². The summed E-state index contributed by atoms with van der Waals surface area (Å²) in [6.07, 6.45) is 3.45. The van der Waals surface area contributed by atoms with E-state index < -0.39 is 6.10 Å². The summed E-state index contributed by atoms with van der Waals surface area (Å²) in [6, 6.07) is 3.43. The van der Waals surface area contributed by atoms with Crippen LogP contribution in [0.5, 0.6) is 17.2 Å². The number of hydrogen-bond donors (Lipinski definition) is 3. The number of piperidine rings is 1. The fourth-order valence-electron chi connectivity index (χ4n) is 4.01. The Hall–Kier alpha value is -2.03. The number of amides is 1. The van der Waals surface area contributed by atoms with Gasteiger partial charge in [0, 0.05) is 25.4 Å². The number of fused-ring (bicyclic) bond motifs is 1. The zero-order chi connectivity index (χ0) is 21.3. The van der Waals surface area contributed by atoms with Crippen LogP contribution in [0.15, 0.2) is 12.1 Å². The molecule has 0 radical (unpaired) electrons. The molecule has 3 rings (SSSR count). The summed E-state index contributed by atoms with van der Waals surface area (Å²) in [7, 11) is 3.53. The van der Waals surface area contributed by atoms with Crippen molar-refractivity contribution in [1.29, 1.82) is 0 Å². The summed E-state index contributed by atoms with van der Waals surface area (Å²) in [6.45, 7) is 5.10. The third-order valence-corrected chi connectivity index (χ3v) is 5.80. The molecule has 0 spiro atoms. The first-order valence-corrected chi connectivity index (χ1v) is 10.9. The standard InChI is InChI=1S/C22H35N3O5/c1-23-9-3-4-10-25-11-8-16(18(26)15-25)14-24-22(27)17-6-7-19(28-2)21-20(17)29-12-5-13-30-21/h6-7,16,18,23,26H,3-5,8-15H2,1-2H3,(H,24,27)/t16-,18+/m0/s1. The molecule has 2 atom stereocenters. The topological polar surface area (TPSA) is 92.3 Å². The van der Waals surface area contributed by atoms with Gasteiger partial charge in [0.25, 0.3) is 5.91 Å². The second-order valence-corrected chi connectivity index (χ2v) is 7.96. The molecule has 1 amide bonds. The number of aliphatic hydroxyl groups is 1. The van der Waals surface area contributed by atoms with Gasteiger partial charge in [-0.3, -0.25) is 4.79 Å². The molecule has 1 fully saturated rings. The highest BCUT2D eigenvalue weighted by atomic mass is 16.5. The van der Waals surface area contributed by atoms with Gasteiger partial charge >= 0.3 is 0 Å². The van der Waals surface area contributed by atoms with Crippen LogP contribution in [0.4, 0.5) is 0 Å². The summed E-state index contributed by atoms with van der Waals surface area (Å²) in [5, 5.41) is 16.7. The Balaban J connectivity index is 1.54. The third-order valence-electron chi connectivity index (χ3n) is 5.80. The number of unbranched alkanes of at least 4 members (excludes halogenated alkanes) is 1. The minimum Gasteiger partial charge on any atom is -0.493 e. The number of benzene rings is 1. The van der Waals surface area contributed by atoms with E-state index in [1.54, 1.807) is 19.2 Å². The number of hydrogen-bond acceptors (Lipinski definition) is 7. The first-order valence-electron chi connectivity index (χ1n) is 10.9. The van der Waals surface area contributed by atoms with Crippen molar-refractivity contribution in [3.8, 4) is 17.2 Å². The molecule has 1 aromatic rings. The lowest BCUT2D eigenvalue weighted by Gasteiger charge is -2.36. The van der Waals surface area contributed by atoms with E-state index in [-0.39, 0.29) is 11.8 Å². The summed E-state index contributed by atoms with van der Waals surface area (Å²) in [4.78, 5) is 15.2. The van der Waals surface area contributed by atoms with Gasteiger partial charge < -0.3 is 34.9 Å². The van der Waals surface area contributed by atoms with Crippen LogP contribution in [0, 0.1) is 5.92 Å². The van der Waals surface area contributed by atoms with Crippen LogP contribution < -0.4 is 24.8 Å². The van der Waals surface area contributed by atoms with Gasteiger partial charge in [0.2, 0.25) is 5.75 Å². The highest BCUT2D eigenvalue weighted by Gasteiger charge is 2.29. The summed E-state index contributed by atoms with van der Waals surface area (Å²) >= 11 is 0. The Morgan fingerprint density at radius 2 is 2.07 bits per heavy atom. The van der Waals surface area contributed by atoms with Gasteiger partial charge in [0.1, 0.15) is 0 Å². The number of carbonyl (C=O) groups is 1. The predicted octanol–water partition coefficient (Wildman–Crippen LogP) is 1.27. The van der Waals surface area contributed by atoms with Gasteiger partial charge in [-0.2, -0.15) is 0 Å². The Kier molecular flexibility index (Phi) is 8.60. The van der Waals surface area contributed by atoms with Crippen molar-refractivity contribution in [3.05, 3.63) is 17.7 Å². The largest absolute Gasteiger partial charge is 0.493 e. The van der Waals surface area contributed by atoms with Crippen molar-refractivity contribution in [1.82, 2.24) is 15.5 Å². The number of aliphatic hydroxyl groups excluding tert-OH is 1. The van der Waals surface area contributed by atoms with Crippen LogP contribution in [0.2, 0.25) is 0 Å². The molecule has 2 aliphatic rings. The minimum atomic E-state index is -0.434. The highest BCUT2D eigenvalue weighted by Crippen LogP contribution is 2.41. The lowest BCUT2D eigenvalue weighted by molar-refractivity contribution is 0.0216. The van der Waals surface area contributed by atoms with Crippen LogP contribution in [0.25, 0.3) is 0 Å². The SMILES string of the molecule is CNCCCCN1CC[C@@H](CNC(=O)c2ccc(OC)c3c2OCCCO3)[C@H](O)C1. The van der Waals surface area contributed by atoms with Crippen molar-refractivity contribution in [2.45, 2.75) is 31.8 Å². The highest BCUT2D eigenvalue weighted by molar-refractivity contribution is 5.98. The fourth-order valence-corrected chi connectivity index (χ4v) is 4.01. The van der Waals surface area contributed by atoms with Crippen molar-refractivity contribution in [2.75, 3.05) is 60.1 Å². The minimum absolute atomic E-state index is 0.0523. The lowest BCUT2D eigenvalue weighted by Crippen LogP contribution is -2.47. The quantitative estimate of drug-likeness (QED) is 0.517. The molecule has 0 saturated carbocycles. The molecule has 0 aromatic heterocycles. The fraction of sp³-hybridized carbons (Fsp3) is 0.682. The van der Waals surface area contributed by atoms with E-state index in [4.69, 9.17) is 14.2 Å². The zero-order valence-electron chi connectivity index (χ0n) is 18.1. The van der Waals surface area contributed by atoms with Crippen LogP contribution >= 0.6 is 0 Å². The maximum absolute atomic E-state index is 12.9. The maximum atomic E-state index is 12.9. The molecule has 1 aromatic carbocycles. The van der Waals surface area contributed by atoms with E-state index >= 15 is 0 Å². The smallest absolute Gasteiger partial charge is 0.255 e. The number of nitrogens with one attached hydrogen (secondary N) is 2. The number of β-amino-alcohol motifs (C(OH)–C–C–N with tert-alkyl or cyclic N) is 1. The Morgan fingerprint density at radius 3 is 2.80 bits per heavy atom. The summed E-state index contributed by atoms with van der Waals surface area (Å²) < 4.78 is 16.9. The Morgan fingerprint density at radius 1 is 1.27 bits per heavy atom. The molecule has 2 heterocycles. The molecule has 3 N–H and O–H groups in total. The van der Waals surface area contributed by atoms with Gasteiger partial charge in [-0.15, -0.1) is 0 Å². The van der Waals surface area contributed by atoms with E-state index in [9.17, 15) is 9.90 Å². The summed E-state index contributed by atoms with van der Waals surface area (Å²) in [5.41, 5.74) is 0.434. The summed E-state index contributed by atoms with van der Waals surface area (Å²) in [5.74, 6) is 1.30. The van der Waals surface area contributed by atoms with Crippen LogP contribution in [-0.4, -0.2) is 82.1 Å². The Labute approximate surface area is 178 Å². The van der Waals surface area contributed by atoms with E-state index in [1.165, 1.54) is 0 Å². The molecule has 0 unspecified atom stereocenters. The normalized spacial score (nSPS) is 21.7. The second kappa shape index (κ2) is 11.4. The van der Waals surface area contributed by atoms with Crippen LogP contribution in [-0.2, 0) is 0 Å². The van der Waals surface area contributed by atoms with E-state index in [0.717, 1.165) is 45.3 Å². The first-order chi connectivity index (χ1) is 14.6. The predicted molar refractivity (Wildman–Crippen MR) is 115 cm³/mol. The molecule has 30 heavy (non-hydrogen) atoms. The van der Waals surface area contributed by atoms with Crippen molar-refractivity contribution in [2.24, 2.45) is 5.92 Å². The zero-order valence-corrected chi connectivity index (χ0v) is 18.1. The number of nitrogens with zero attached hydrogens (tertiary/aromatic N) is 1. The van der Waals surface area contributed by atoms with Gasteiger partial charge in [0.15, 0.2) is 11.5 Å². The average molecular weight is 422 g/mol. The molecule has 8 heteroatoms. The number of likely N-dealkylation sites (tertiary alicyclic amines) is 1. The van der Waals surface area contributed by atoms with Crippen molar-refractivity contribution >= 4 is 5.91 Å². The molecular weight excluding hydrogens is 386 g/mol. The van der Waals surface area contributed by atoms with Gasteiger partial charge in [-0.05, 0) is 58.1 Å². The molecule has 168 valence electrons. The maximum Gasteiger partial charge on any atom is 0.255 e. The molecule has 0 aliphatic carbocycles. The molecule has 0 bridgehead atoms. The average Bonchev–Trinajstić information content (AvgIpc) is 3.01. The Bertz CT molecular complexity index is 700. The molecule has 8 nitrogen and oxygen atoms in total. The van der Waals surface area contributed by atoms with Gasteiger partial charge in [0.05, 0.1) is 32.0 Å². The van der Waals surface area contributed by atoms with Crippen molar-refractivity contribution < 1.29 is 24.1 Å². The molecular formula is C22H35N3O5. The second-order valence-electron chi connectivity index (χ2n) is 7.96. The van der Waals surface area contributed by atoms with E-state index in [0.29, 0.717) is 49.1 Å². The monoisotopic (exact) mass is 421 g/mol. The number of methoxy groups -OCH3 is 1. The lowest BCUT2D eigenvalue weighted by atomic mass is 9.93. The van der Waals surface area contributed by atoms with Gasteiger partial charge in [-0.25, -0.2) is 0 Å².